The summed E-state index contributed by atoms with van der Waals surface area (Å²) in [6, 6.07) is 8.03. The molecule has 68 valence electrons. The lowest BCUT2D eigenvalue weighted by atomic mass is 10.1. The van der Waals surface area contributed by atoms with Gasteiger partial charge >= 0.3 is 0 Å². The summed E-state index contributed by atoms with van der Waals surface area (Å²) in [6.07, 6.45) is 5.81. The van der Waals surface area contributed by atoms with Crippen LogP contribution in [-0.4, -0.2) is 11.5 Å². The van der Waals surface area contributed by atoms with Gasteiger partial charge < -0.3 is 5.31 Å². The van der Waals surface area contributed by atoms with Crippen LogP contribution in [0.1, 0.15) is 5.56 Å². The van der Waals surface area contributed by atoms with Gasteiger partial charge in [0, 0.05) is 18.1 Å². The van der Waals surface area contributed by atoms with Crippen LogP contribution >= 0.6 is 0 Å². The number of aromatic nitrogens is 1. The van der Waals surface area contributed by atoms with Crippen molar-refractivity contribution in [3.8, 4) is 0 Å². The normalized spacial score (nSPS) is 15.4. The summed E-state index contributed by atoms with van der Waals surface area (Å²) in [5, 5.41) is 2.58. The predicted molar refractivity (Wildman–Crippen MR) is 59.3 cm³/mol. The van der Waals surface area contributed by atoms with Crippen LogP contribution < -0.4 is 5.31 Å². The predicted octanol–water partition coefficient (Wildman–Crippen LogP) is 2.67. The van der Waals surface area contributed by atoms with Gasteiger partial charge in [-0.25, -0.2) is 0 Å². The van der Waals surface area contributed by atoms with E-state index in [2.05, 4.69) is 11.1 Å². The molecule has 0 bridgehead atoms. The molecule has 14 heavy (non-hydrogen) atoms. The van der Waals surface area contributed by atoms with Crippen molar-refractivity contribution in [3.05, 3.63) is 42.1 Å². The standard InChI is InChI=1S/C12H10N2/c1-3-9-5-6-10-4-2-8-14-12(10)11(9)13-7-1/h1-7,14H,8H2/i/hD. The van der Waals surface area contributed by atoms with Gasteiger partial charge in [0.25, 0.3) is 0 Å². The van der Waals surface area contributed by atoms with E-state index in [1.54, 1.807) is 6.20 Å². The van der Waals surface area contributed by atoms with E-state index in [-0.39, 0.29) is 0 Å². The molecule has 0 saturated heterocycles. The summed E-state index contributed by atoms with van der Waals surface area (Å²) >= 11 is 0. The molecule has 0 atom stereocenters. The number of nitrogens with one attached hydrogen (secondary N) is 1. The van der Waals surface area contributed by atoms with Crippen molar-refractivity contribution in [3.63, 3.8) is 0 Å². The maximum absolute atomic E-state index is 7.88. The molecule has 2 nitrogen and oxygen atoms in total. The highest BCUT2D eigenvalue weighted by atomic mass is 14.9. The van der Waals surface area contributed by atoms with E-state index >= 15 is 0 Å². The van der Waals surface area contributed by atoms with Crippen LogP contribution in [0.4, 0.5) is 5.69 Å². The van der Waals surface area contributed by atoms with E-state index in [9.17, 15) is 0 Å². The maximum Gasteiger partial charge on any atom is 0.160 e. The molecule has 2 heterocycles. The van der Waals surface area contributed by atoms with E-state index < -0.39 is 0 Å². The molecule has 2 heteroatoms. The quantitative estimate of drug-likeness (QED) is 0.679. The summed E-state index contributed by atoms with van der Waals surface area (Å²) in [4.78, 5) is 4.35. The van der Waals surface area contributed by atoms with Crippen molar-refractivity contribution < 1.29 is 1.41 Å². The van der Waals surface area contributed by atoms with Crippen molar-refractivity contribution in [2.75, 3.05) is 11.9 Å². The summed E-state index contributed by atoms with van der Waals surface area (Å²) in [7, 11) is 0. The molecule has 0 radical (unpaired) electrons. The molecule has 0 saturated carbocycles. The van der Waals surface area contributed by atoms with Gasteiger partial charge in [-0.2, -0.15) is 0 Å². The second-order valence-corrected chi connectivity index (χ2v) is 3.32. The average molecular weight is 183 g/mol. The van der Waals surface area contributed by atoms with Crippen molar-refractivity contribution in [1.82, 2.24) is 4.98 Å². The van der Waals surface area contributed by atoms with Gasteiger partial charge in [0.1, 0.15) is 0 Å². The number of benzene rings is 1. The van der Waals surface area contributed by atoms with Gasteiger partial charge in [0.2, 0.25) is 0 Å². The Kier molecular flexibility index (Phi) is 1.34. The largest absolute Gasteiger partial charge is 0.379 e. The lowest BCUT2D eigenvalue weighted by molar-refractivity contribution is 1.30. The highest BCUT2D eigenvalue weighted by Crippen LogP contribution is 2.28. The fraction of sp³-hybridized carbons (Fsp3) is 0.0833. The lowest BCUT2D eigenvalue weighted by Crippen LogP contribution is -2.05. The molecule has 1 aromatic heterocycles. The van der Waals surface area contributed by atoms with Crippen molar-refractivity contribution in [2.24, 2.45) is 0 Å². The van der Waals surface area contributed by atoms with Crippen molar-refractivity contribution in [2.45, 2.75) is 0 Å². The second-order valence-electron chi connectivity index (χ2n) is 3.32. The molecule has 0 unspecified atom stereocenters. The molecular formula is C12H10N2. The van der Waals surface area contributed by atoms with Gasteiger partial charge in [-0.05, 0) is 11.6 Å². The number of fused-ring (bicyclic) bond motifs is 3. The molecule has 1 aliphatic rings. The molecule has 0 fully saturated rings. The number of pyridine rings is 1. The molecular weight excluding hydrogens is 172 g/mol. The van der Waals surface area contributed by atoms with E-state index in [0.717, 1.165) is 22.2 Å². The number of rotatable bonds is 0. The molecule has 3 rings (SSSR count). The van der Waals surface area contributed by atoms with Gasteiger partial charge in [0.15, 0.2) is 1.41 Å². The fourth-order valence-electron chi connectivity index (χ4n) is 1.77. The minimum absolute atomic E-state index is 0.628. The number of anilines is 1. The van der Waals surface area contributed by atoms with Gasteiger partial charge in [-0.1, -0.05) is 30.4 Å². The number of hydrogen-bond acceptors (Lipinski definition) is 2. The molecule has 2 aromatic rings. The third-order valence-electron chi connectivity index (χ3n) is 2.43. The van der Waals surface area contributed by atoms with Gasteiger partial charge in [-0.3, -0.25) is 4.98 Å². The van der Waals surface area contributed by atoms with Crippen LogP contribution in [0, 0.1) is 0 Å². The Morgan fingerprint density at radius 2 is 2.36 bits per heavy atom. The zero-order valence-electron chi connectivity index (χ0n) is 8.64. The van der Waals surface area contributed by atoms with Crippen LogP contribution in [0.15, 0.2) is 36.5 Å². The zero-order valence-corrected chi connectivity index (χ0v) is 7.64. The van der Waals surface area contributed by atoms with Crippen molar-refractivity contribution >= 4 is 22.7 Å². The third kappa shape index (κ3) is 1.01. The van der Waals surface area contributed by atoms with Gasteiger partial charge in [0.05, 0.1) is 11.2 Å². The van der Waals surface area contributed by atoms with Crippen molar-refractivity contribution in [1.29, 1.82) is 0 Å². The molecule has 1 N–H and O–H groups in total. The molecule has 1 aromatic carbocycles. The summed E-state index contributed by atoms with van der Waals surface area (Å²) in [6.45, 7) is 0.628. The monoisotopic (exact) mass is 183 g/mol. The smallest absolute Gasteiger partial charge is 0.160 e. The molecule has 0 aliphatic carbocycles. The minimum atomic E-state index is 0.628. The Bertz CT molecular complexity index is 548. The minimum Gasteiger partial charge on any atom is -0.379 e. The molecule has 0 spiro atoms. The third-order valence-corrected chi connectivity index (χ3v) is 2.43. The van der Waals surface area contributed by atoms with Crippen LogP contribution in [0.25, 0.3) is 17.0 Å². The lowest BCUT2D eigenvalue weighted by Gasteiger charge is -2.14. The van der Waals surface area contributed by atoms with E-state index in [1.807, 2.05) is 30.3 Å². The highest BCUT2D eigenvalue weighted by molar-refractivity contribution is 5.95. The molecule has 1 aliphatic heterocycles. The topological polar surface area (TPSA) is 24.9 Å². The zero-order chi connectivity index (χ0) is 10.3. The Morgan fingerprint density at radius 3 is 3.36 bits per heavy atom. The first-order chi connectivity index (χ1) is 7.36. The van der Waals surface area contributed by atoms with Crippen LogP contribution in [0.3, 0.4) is 0 Å². The SMILES string of the molecule is [2H]N1CC=Cc2ccc3cccnc3c21. The Labute approximate surface area is 83.7 Å². The average Bonchev–Trinajstić information content (AvgIpc) is 2.29. The maximum atomic E-state index is 7.88. The van der Waals surface area contributed by atoms with E-state index in [4.69, 9.17) is 1.41 Å². The van der Waals surface area contributed by atoms with Crippen LogP contribution in [-0.2, 0) is 0 Å². The Balaban J connectivity index is 2.41. The Hall–Kier alpha value is -1.83. The first kappa shape index (κ1) is 6.60. The Morgan fingerprint density at radius 1 is 1.36 bits per heavy atom. The number of nitrogens with zero attached hydrogens (tertiary/aromatic N) is 1. The van der Waals surface area contributed by atoms with Crippen LogP contribution in [0.2, 0.25) is 1.41 Å². The fourth-order valence-corrected chi connectivity index (χ4v) is 1.77. The summed E-state index contributed by atoms with van der Waals surface area (Å²) < 4.78 is 7.88. The highest BCUT2D eigenvalue weighted by Gasteiger charge is 2.07. The second kappa shape index (κ2) is 2.84. The first-order valence-electron chi connectivity index (χ1n) is 5.12. The summed E-state index contributed by atoms with van der Waals surface area (Å²) in [5.74, 6) is 0. The first-order valence-corrected chi connectivity index (χ1v) is 4.67. The number of hydrogen-bond donors (Lipinski definition) is 1. The van der Waals surface area contributed by atoms with E-state index in [0.29, 0.717) is 6.54 Å². The molecule has 0 amide bonds. The van der Waals surface area contributed by atoms with Crippen LogP contribution in [0.5, 0.6) is 0 Å². The van der Waals surface area contributed by atoms with Gasteiger partial charge in [-0.15, -0.1) is 0 Å². The summed E-state index contributed by atoms with van der Waals surface area (Å²) in [5.41, 5.74) is 2.90. The van der Waals surface area contributed by atoms with E-state index in [1.165, 1.54) is 5.31 Å².